The molecular weight excluding hydrogens is 205 g/mol. The van der Waals surface area contributed by atoms with Crippen molar-refractivity contribution in [3.8, 4) is 11.8 Å². The summed E-state index contributed by atoms with van der Waals surface area (Å²) in [4.78, 5) is 0. The van der Waals surface area contributed by atoms with E-state index in [4.69, 9.17) is 10.00 Å². The molecule has 0 amide bonds. The Labute approximate surface area is 94.7 Å². The normalized spacial score (nSPS) is 16.6. The van der Waals surface area contributed by atoms with Crippen LogP contribution in [-0.4, -0.2) is 6.61 Å². The second kappa shape index (κ2) is 4.13. The third-order valence-corrected chi connectivity index (χ3v) is 3.10. The minimum absolute atomic E-state index is 0.00899. The number of halogens is 1. The van der Waals surface area contributed by atoms with Gasteiger partial charge >= 0.3 is 0 Å². The van der Waals surface area contributed by atoms with Gasteiger partial charge in [0.15, 0.2) is 11.6 Å². The summed E-state index contributed by atoms with van der Waals surface area (Å²) in [6.07, 6.45) is 2.52. The largest absolute Gasteiger partial charge is 0.490 e. The first-order valence-corrected chi connectivity index (χ1v) is 5.42. The Kier molecular flexibility index (Phi) is 2.82. The number of ether oxygens (including phenoxy) is 1. The number of nitrogens with zero attached hydrogens (tertiary/aromatic N) is 1. The van der Waals surface area contributed by atoms with E-state index in [1.54, 1.807) is 25.1 Å². The van der Waals surface area contributed by atoms with E-state index in [2.05, 4.69) is 6.07 Å². The van der Waals surface area contributed by atoms with Crippen LogP contribution in [0, 0.1) is 29.5 Å². The summed E-state index contributed by atoms with van der Waals surface area (Å²) in [5, 5.41) is 8.66. The van der Waals surface area contributed by atoms with Gasteiger partial charge in [-0.3, -0.25) is 0 Å². The molecule has 0 heterocycles. The summed E-state index contributed by atoms with van der Waals surface area (Å²) >= 11 is 0. The molecule has 2 rings (SSSR count). The molecule has 0 radical (unpaired) electrons. The van der Waals surface area contributed by atoms with Gasteiger partial charge in [-0.25, -0.2) is 4.39 Å². The second-order valence-electron chi connectivity index (χ2n) is 4.51. The molecule has 1 aliphatic rings. The molecule has 1 fully saturated rings. The smallest absolute Gasteiger partial charge is 0.167 e. The molecule has 1 aromatic carbocycles. The van der Waals surface area contributed by atoms with Gasteiger partial charge in [0.1, 0.15) is 0 Å². The average Bonchev–Trinajstić information content (AvgIpc) is 3.02. The topological polar surface area (TPSA) is 33.0 Å². The molecule has 2 nitrogen and oxygen atoms in total. The Morgan fingerprint density at radius 3 is 2.88 bits per heavy atom. The van der Waals surface area contributed by atoms with Crippen molar-refractivity contribution >= 4 is 0 Å². The fourth-order valence-corrected chi connectivity index (χ4v) is 1.68. The van der Waals surface area contributed by atoms with Crippen LogP contribution in [0.1, 0.15) is 24.8 Å². The molecule has 1 aliphatic carbocycles. The predicted octanol–water partition coefficient (Wildman–Crippen LogP) is 3.21. The van der Waals surface area contributed by atoms with Crippen LogP contribution >= 0.6 is 0 Å². The monoisotopic (exact) mass is 219 g/mol. The standard InChI is InChI=1S/C13H14FNO/c1-10-3-2-4-11(12(10)14)16-9-13(5-6-13)7-8-15/h2-4H,5-7,9H2,1H3. The van der Waals surface area contributed by atoms with Crippen molar-refractivity contribution in [2.24, 2.45) is 5.41 Å². The van der Waals surface area contributed by atoms with Crippen LogP contribution in [0.2, 0.25) is 0 Å². The average molecular weight is 219 g/mol. The number of hydrogen-bond acceptors (Lipinski definition) is 2. The predicted molar refractivity (Wildman–Crippen MR) is 58.5 cm³/mol. The highest BCUT2D eigenvalue weighted by molar-refractivity contribution is 5.30. The lowest BCUT2D eigenvalue weighted by molar-refractivity contribution is 0.227. The van der Waals surface area contributed by atoms with Crippen LogP contribution in [0.15, 0.2) is 18.2 Å². The summed E-state index contributed by atoms with van der Waals surface area (Å²) < 4.78 is 19.1. The van der Waals surface area contributed by atoms with Gasteiger partial charge in [0, 0.05) is 11.8 Å². The third-order valence-electron chi connectivity index (χ3n) is 3.10. The summed E-state index contributed by atoms with van der Waals surface area (Å²) in [6, 6.07) is 7.28. The highest BCUT2D eigenvalue weighted by atomic mass is 19.1. The van der Waals surface area contributed by atoms with Gasteiger partial charge in [0.2, 0.25) is 0 Å². The van der Waals surface area contributed by atoms with Gasteiger partial charge in [-0.2, -0.15) is 5.26 Å². The summed E-state index contributed by atoms with van der Waals surface area (Å²) in [7, 11) is 0. The van der Waals surface area contributed by atoms with Crippen molar-refractivity contribution in [1.29, 1.82) is 5.26 Å². The second-order valence-corrected chi connectivity index (χ2v) is 4.51. The van der Waals surface area contributed by atoms with E-state index in [0.29, 0.717) is 24.3 Å². The molecule has 0 aromatic heterocycles. The Morgan fingerprint density at radius 2 is 2.25 bits per heavy atom. The molecule has 3 heteroatoms. The Balaban J connectivity index is 2.00. The molecule has 1 saturated carbocycles. The number of rotatable bonds is 4. The van der Waals surface area contributed by atoms with Crippen LogP contribution in [0.4, 0.5) is 4.39 Å². The van der Waals surface area contributed by atoms with E-state index >= 15 is 0 Å². The third kappa shape index (κ3) is 2.16. The van der Waals surface area contributed by atoms with Crippen molar-refractivity contribution in [1.82, 2.24) is 0 Å². The molecule has 0 aliphatic heterocycles. The van der Waals surface area contributed by atoms with Crippen molar-refractivity contribution in [3.63, 3.8) is 0 Å². The Hall–Kier alpha value is -1.56. The lowest BCUT2D eigenvalue weighted by atomic mass is 10.1. The number of benzene rings is 1. The van der Waals surface area contributed by atoms with Gasteiger partial charge in [-0.1, -0.05) is 12.1 Å². The molecule has 1 aromatic rings. The van der Waals surface area contributed by atoms with Gasteiger partial charge < -0.3 is 4.74 Å². The minimum atomic E-state index is -0.296. The van der Waals surface area contributed by atoms with Gasteiger partial charge in [0.25, 0.3) is 0 Å². The van der Waals surface area contributed by atoms with Crippen molar-refractivity contribution in [2.75, 3.05) is 6.61 Å². The highest BCUT2D eigenvalue weighted by Gasteiger charge is 2.43. The molecule has 84 valence electrons. The van der Waals surface area contributed by atoms with Crippen LogP contribution in [0.25, 0.3) is 0 Å². The first-order chi connectivity index (χ1) is 7.67. The maximum atomic E-state index is 13.6. The van der Waals surface area contributed by atoms with E-state index in [-0.39, 0.29) is 11.2 Å². The van der Waals surface area contributed by atoms with Gasteiger partial charge in [-0.15, -0.1) is 0 Å². The van der Waals surface area contributed by atoms with E-state index in [9.17, 15) is 4.39 Å². The van der Waals surface area contributed by atoms with Crippen LogP contribution in [0.3, 0.4) is 0 Å². The highest BCUT2D eigenvalue weighted by Crippen LogP contribution is 2.48. The molecular formula is C13H14FNO. The number of nitriles is 1. The lowest BCUT2D eigenvalue weighted by Gasteiger charge is -2.13. The van der Waals surface area contributed by atoms with Crippen LogP contribution in [0.5, 0.6) is 5.75 Å². The molecule has 0 unspecified atom stereocenters. The van der Waals surface area contributed by atoms with E-state index < -0.39 is 0 Å². The molecule has 0 atom stereocenters. The van der Waals surface area contributed by atoms with Crippen LogP contribution in [-0.2, 0) is 0 Å². The first-order valence-electron chi connectivity index (χ1n) is 5.42. The van der Waals surface area contributed by atoms with Crippen LogP contribution < -0.4 is 4.74 Å². The molecule has 0 N–H and O–H groups in total. The molecule has 0 bridgehead atoms. The van der Waals surface area contributed by atoms with E-state index in [1.807, 2.05) is 0 Å². The maximum Gasteiger partial charge on any atom is 0.167 e. The van der Waals surface area contributed by atoms with Crippen molar-refractivity contribution < 1.29 is 9.13 Å². The Morgan fingerprint density at radius 1 is 1.50 bits per heavy atom. The minimum Gasteiger partial charge on any atom is -0.490 e. The number of hydrogen-bond donors (Lipinski definition) is 0. The number of aryl methyl sites for hydroxylation is 1. The van der Waals surface area contributed by atoms with Crippen molar-refractivity contribution in [2.45, 2.75) is 26.2 Å². The summed E-state index contributed by atoms with van der Waals surface area (Å²) in [5.41, 5.74) is 0.577. The fraction of sp³-hybridized carbons (Fsp3) is 0.462. The van der Waals surface area contributed by atoms with Gasteiger partial charge in [0.05, 0.1) is 12.7 Å². The Bertz CT molecular complexity index is 432. The fourth-order valence-electron chi connectivity index (χ4n) is 1.68. The van der Waals surface area contributed by atoms with E-state index in [1.165, 1.54) is 0 Å². The molecule has 0 spiro atoms. The summed E-state index contributed by atoms with van der Waals surface area (Å²) in [5.74, 6) is -0.000488. The zero-order valence-corrected chi connectivity index (χ0v) is 9.29. The van der Waals surface area contributed by atoms with Crippen molar-refractivity contribution in [3.05, 3.63) is 29.6 Å². The SMILES string of the molecule is Cc1cccc(OCC2(CC#N)CC2)c1F. The quantitative estimate of drug-likeness (QED) is 0.779. The van der Waals surface area contributed by atoms with Gasteiger partial charge in [-0.05, 0) is 31.4 Å². The maximum absolute atomic E-state index is 13.6. The molecule has 0 saturated heterocycles. The van der Waals surface area contributed by atoms with E-state index in [0.717, 1.165) is 12.8 Å². The zero-order chi connectivity index (χ0) is 11.6. The zero-order valence-electron chi connectivity index (χ0n) is 9.29. The lowest BCUT2D eigenvalue weighted by Crippen LogP contribution is -2.13. The molecule has 16 heavy (non-hydrogen) atoms. The first kappa shape index (κ1) is 10.9. The summed E-state index contributed by atoms with van der Waals surface area (Å²) in [6.45, 7) is 2.16.